The average Bonchev–Trinajstić information content (AvgIpc) is 2.86. The molecule has 2 aromatic rings. The predicted molar refractivity (Wildman–Crippen MR) is 83.8 cm³/mol. The molecule has 0 fully saturated rings. The lowest BCUT2D eigenvalue weighted by molar-refractivity contribution is 0.414. The van der Waals surface area contributed by atoms with Crippen LogP contribution in [0.2, 0.25) is 0 Å². The van der Waals surface area contributed by atoms with Gasteiger partial charge >= 0.3 is 5.69 Å². The van der Waals surface area contributed by atoms with E-state index in [2.05, 4.69) is 10.2 Å². The highest BCUT2D eigenvalue weighted by Crippen LogP contribution is 2.29. The quantitative estimate of drug-likeness (QED) is 0.794. The summed E-state index contributed by atoms with van der Waals surface area (Å²) >= 11 is 1.49. The first kappa shape index (κ1) is 15.7. The molecule has 0 saturated heterocycles. The van der Waals surface area contributed by atoms with Crippen molar-refractivity contribution in [3.63, 3.8) is 0 Å². The zero-order valence-electron chi connectivity index (χ0n) is 12.4. The highest BCUT2D eigenvalue weighted by atomic mass is 32.2. The Hall–Kier alpha value is -1.73. The summed E-state index contributed by atoms with van der Waals surface area (Å²) in [5.74, 6) is 0.804. The number of benzene rings is 1. The van der Waals surface area contributed by atoms with E-state index in [1.807, 2.05) is 38.1 Å². The van der Waals surface area contributed by atoms with Crippen LogP contribution in [0.4, 0.5) is 0 Å². The first-order valence-corrected chi connectivity index (χ1v) is 7.66. The number of aromatic nitrogens is 3. The van der Waals surface area contributed by atoms with Crippen LogP contribution in [-0.2, 0) is 6.54 Å². The minimum atomic E-state index is -0.190. The highest BCUT2D eigenvalue weighted by molar-refractivity contribution is 7.99. The van der Waals surface area contributed by atoms with E-state index in [4.69, 9.17) is 10.5 Å². The number of rotatable bonds is 6. The van der Waals surface area contributed by atoms with Crippen LogP contribution in [0, 0.1) is 0 Å². The summed E-state index contributed by atoms with van der Waals surface area (Å²) in [7, 11) is 1.63. The summed E-state index contributed by atoms with van der Waals surface area (Å²) in [6.07, 6.45) is 0. The van der Waals surface area contributed by atoms with Gasteiger partial charge in [0.05, 0.1) is 7.11 Å². The van der Waals surface area contributed by atoms with Gasteiger partial charge in [-0.2, -0.15) is 0 Å². The number of hydrogen-bond acceptors (Lipinski definition) is 5. The monoisotopic (exact) mass is 308 g/mol. The predicted octanol–water partition coefficient (Wildman–Crippen LogP) is 1.78. The molecule has 0 aliphatic heterocycles. The maximum absolute atomic E-state index is 11.5. The van der Waals surface area contributed by atoms with Crippen LogP contribution >= 0.6 is 11.8 Å². The average molecular weight is 308 g/mol. The van der Waals surface area contributed by atoms with Gasteiger partial charge in [-0.15, -0.1) is 5.10 Å². The van der Waals surface area contributed by atoms with Gasteiger partial charge < -0.3 is 10.5 Å². The van der Waals surface area contributed by atoms with Crippen molar-refractivity contribution in [1.82, 2.24) is 14.8 Å². The number of nitrogens with two attached hydrogens (primary N) is 1. The van der Waals surface area contributed by atoms with Gasteiger partial charge in [0.1, 0.15) is 5.75 Å². The van der Waals surface area contributed by atoms with E-state index in [9.17, 15) is 4.79 Å². The van der Waals surface area contributed by atoms with Crippen LogP contribution in [0.5, 0.6) is 5.75 Å². The van der Waals surface area contributed by atoms with Crippen LogP contribution in [0.3, 0.4) is 0 Å². The number of methoxy groups -OCH3 is 1. The number of nitrogens with one attached hydrogen (secondary N) is 1. The van der Waals surface area contributed by atoms with E-state index < -0.39 is 0 Å². The molecule has 2 unspecified atom stereocenters. The standard InChI is InChI=1S/C14H20N4O2S/c1-4-18-13(19)16-17-14(18)21-9(2)12(15)10-5-7-11(20-3)8-6-10/h5-9,12H,4,15H2,1-3H3,(H,16,19). The fraction of sp³-hybridized carbons (Fsp3) is 0.429. The molecule has 0 aliphatic carbocycles. The third kappa shape index (κ3) is 3.48. The summed E-state index contributed by atoms with van der Waals surface area (Å²) in [5.41, 5.74) is 7.12. The second-order valence-electron chi connectivity index (χ2n) is 4.68. The Bertz CT molecular complexity index is 635. The van der Waals surface area contributed by atoms with Gasteiger partial charge in [0.15, 0.2) is 5.16 Å². The topological polar surface area (TPSA) is 85.9 Å². The second-order valence-corrected chi connectivity index (χ2v) is 6.02. The van der Waals surface area contributed by atoms with Gasteiger partial charge in [-0.3, -0.25) is 4.57 Å². The minimum absolute atomic E-state index is 0.0823. The maximum Gasteiger partial charge on any atom is 0.343 e. The largest absolute Gasteiger partial charge is 0.497 e. The Morgan fingerprint density at radius 2 is 2.10 bits per heavy atom. The van der Waals surface area contributed by atoms with Crippen molar-refractivity contribution in [1.29, 1.82) is 0 Å². The van der Waals surface area contributed by atoms with E-state index >= 15 is 0 Å². The van der Waals surface area contributed by atoms with Crippen LogP contribution < -0.4 is 16.2 Å². The summed E-state index contributed by atoms with van der Waals surface area (Å²) in [4.78, 5) is 11.5. The van der Waals surface area contributed by atoms with Gasteiger partial charge in [-0.25, -0.2) is 9.89 Å². The Morgan fingerprint density at radius 3 is 2.67 bits per heavy atom. The number of H-pyrrole nitrogens is 1. The third-order valence-electron chi connectivity index (χ3n) is 3.34. The van der Waals surface area contributed by atoms with E-state index in [1.54, 1.807) is 11.7 Å². The first-order valence-electron chi connectivity index (χ1n) is 6.78. The Kier molecular flexibility index (Phi) is 5.08. The van der Waals surface area contributed by atoms with E-state index in [0.29, 0.717) is 11.7 Å². The van der Waals surface area contributed by atoms with Crippen molar-refractivity contribution in [2.24, 2.45) is 5.73 Å². The molecule has 2 rings (SSSR count). The molecule has 114 valence electrons. The van der Waals surface area contributed by atoms with Crippen LogP contribution in [0.1, 0.15) is 25.5 Å². The molecule has 6 nitrogen and oxygen atoms in total. The number of ether oxygens (including phenoxy) is 1. The van der Waals surface area contributed by atoms with Crippen LogP contribution in [0.15, 0.2) is 34.2 Å². The van der Waals surface area contributed by atoms with Crippen LogP contribution in [0.25, 0.3) is 0 Å². The fourth-order valence-electron chi connectivity index (χ4n) is 2.01. The molecule has 7 heteroatoms. The van der Waals surface area contributed by atoms with E-state index in [0.717, 1.165) is 11.3 Å². The van der Waals surface area contributed by atoms with Crippen molar-refractivity contribution in [3.8, 4) is 5.75 Å². The van der Waals surface area contributed by atoms with E-state index in [1.165, 1.54) is 11.8 Å². The SMILES string of the molecule is CCn1c(SC(C)C(N)c2ccc(OC)cc2)n[nH]c1=O. The zero-order valence-corrected chi connectivity index (χ0v) is 13.2. The Labute approximate surface area is 127 Å². The Balaban J connectivity index is 2.11. The molecule has 0 spiro atoms. The summed E-state index contributed by atoms with van der Waals surface area (Å²) < 4.78 is 6.74. The smallest absolute Gasteiger partial charge is 0.343 e. The van der Waals surface area contributed by atoms with Crippen molar-refractivity contribution >= 4 is 11.8 Å². The molecule has 0 saturated carbocycles. The number of hydrogen-bond donors (Lipinski definition) is 2. The lowest BCUT2D eigenvalue weighted by Gasteiger charge is -2.19. The second kappa shape index (κ2) is 6.82. The number of aromatic amines is 1. The molecular weight excluding hydrogens is 288 g/mol. The molecule has 0 radical (unpaired) electrons. The van der Waals surface area contributed by atoms with Gasteiger partial charge in [0.25, 0.3) is 0 Å². The molecule has 1 aromatic heterocycles. The molecule has 0 bridgehead atoms. The molecule has 21 heavy (non-hydrogen) atoms. The summed E-state index contributed by atoms with van der Waals surface area (Å²) in [6.45, 7) is 4.52. The normalized spacial score (nSPS) is 13.9. The minimum Gasteiger partial charge on any atom is -0.497 e. The molecule has 3 N–H and O–H groups in total. The molecule has 0 amide bonds. The van der Waals surface area contributed by atoms with Crippen molar-refractivity contribution in [2.45, 2.75) is 36.8 Å². The van der Waals surface area contributed by atoms with Crippen molar-refractivity contribution in [3.05, 3.63) is 40.3 Å². The summed E-state index contributed by atoms with van der Waals surface area (Å²) in [6, 6.07) is 7.54. The first-order chi connectivity index (χ1) is 10.1. The molecule has 0 aliphatic rings. The third-order valence-corrected chi connectivity index (χ3v) is 4.52. The fourth-order valence-corrected chi connectivity index (χ4v) is 3.08. The Morgan fingerprint density at radius 1 is 1.43 bits per heavy atom. The maximum atomic E-state index is 11.5. The summed E-state index contributed by atoms with van der Waals surface area (Å²) in [5, 5.41) is 7.26. The van der Waals surface area contributed by atoms with Gasteiger partial charge in [-0.05, 0) is 24.6 Å². The zero-order chi connectivity index (χ0) is 15.4. The van der Waals surface area contributed by atoms with Gasteiger partial charge in [0.2, 0.25) is 0 Å². The van der Waals surface area contributed by atoms with Gasteiger partial charge in [-0.1, -0.05) is 30.8 Å². The molecular formula is C14H20N4O2S. The lowest BCUT2D eigenvalue weighted by Crippen LogP contribution is -2.22. The van der Waals surface area contributed by atoms with Crippen LogP contribution in [-0.4, -0.2) is 27.1 Å². The van der Waals surface area contributed by atoms with Crippen molar-refractivity contribution in [2.75, 3.05) is 7.11 Å². The molecule has 1 heterocycles. The van der Waals surface area contributed by atoms with E-state index in [-0.39, 0.29) is 17.0 Å². The highest BCUT2D eigenvalue weighted by Gasteiger charge is 2.19. The van der Waals surface area contributed by atoms with Crippen molar-refractivity contribution < 1.29 is 4.74 Å². The molecule has 1 aromatic carbocycles. The molecule has 2 atom stereocenters. The number of nitrogens with zero attached hydrogens (tertiary/aromatic N) is 2. The van der Waals surface area contributed by atoms with Gasteiger partial charge in [0, 0.05) is 17.8 Å². The number of thioether (sulfide) groups is 1. The lowest BCUT2D eigenvalue weighted by atomic mass is 10.1.